The second kappa shape index (κ2) is 6.90. The molecule has 1 unspecified atom stereocenters. The van der Waals surface area contributed by atoms with Gasteiger partial charge in [0.25, 0.3) is 0 Å². The highest BCUT2D eigenvalue weighted by molar-refractivity contribution is 9.10. The van der Waals surface area contributed by atoms with Crippen molar-refractivity contribution >= 4 is 27.5 Å². The molecule has 21 heavy (non-hydrogen) atoms. The van der Waals surface area contributed by atoms with Crippen LogP contribution in [0.15, 0.2) is 28.9 Å². The average Bonchev–Trinajstić information content (AvgIpc) is 2.79. The van der Waals surface area contributed by atoms with E-state index in [4.69, 9.17) is 11.6 Å². The highest BCUT2D eigenvalue weighted by Gasteiger charge is 2.24. The van der Waals surface area contributed by atoms with Gasteiger partial charge >= 0.3 is 0 Å². The van der Waals surface area contributed by atoms with Crippen molar-refractivity contribution in [2.75, 3.05) is 6.54 Å². The molecule has 1 atom stereocenters. The Bertz CT molecular complexity index is 627. The lowest BCUT2D eigenvalue weighted by atomic mass is 10.0. The maximum atomic E-state index is 13.3. The van der Waals surface area contributed by atoms with Crippen LogP contribution in [0.25, 0.3) is 0 Å². The quantitative estimate of drug-likeness (QED) is 0.821. The molecule has 0 fully saturated rings. The van der Waals surface area contributed by atoms with E-state index in [1.807, 2.05) is 11.6 Å². The lowest BCUT2D eigenvalue weighted by Crippen LogP contribution is -2.26. The van der Waals surface area contributed by atoms with E-state index in [1.165, 1.54) is 12.1 Å². The smallest absolute Gasteiger partial charge is 0.124 e. The summed E-state index contributed by atoms with van der Waals surface area (Å²) < 4.78 is 16.1. The standard InChI is InChI=1S/C15H18BrClFN3/c1-4-19-14(11-6-5-10(18)7-13(11)17)15-12(16)8-20-21(15)9(2)3/h5-9,14,19H,4H2,1-3H3. The fraction of sp³-hybridized carbons (Fsp3) is 0.400. The molecule has 114 valence electrons. The number of hydrogen-bond donors (Lipinski definition) is 1. The zero-order chi connectivity index (χ0) is 15.6. The summed E-state index contributed by atoms with van der Waals surface area (Å²) in [4.78, 5) is 0. The lowest BCUT2D eigenvalue weighted by molar-refractivity contribution is 0.475. The normalized spacial score (nSPS) is 12.9. The van der Waals surface area contributed by atoms with Gasteiger partial charge in [-0.15, -0.1) is 0 Å². The van der Waals surface area contributed by atoms with Crippen LogP contribution in [0.1, 0.15) is 44.1 Å². The zero-order valence-electron chi connectivity index (χ0n) is 12.2. The molecular formula is C15H18BrClFN3. The Labute approximate surface area is 137 Å². The Hall–Kier alpha value is -0.910. The molecule has 0 bridgehead atoms. The predicted octanol–water partition coefficient (Wildman–Crippen LogP) is 4.72. The first-order chi connectivity index (χ1) is 9.95. The molecule has 2 aromatic rings. The number of rotatable bonds is 5. The van der Waals surface area contributed by atoms with Crippen LogP contribution in [-0.4, -0.2) is 16.3 Å². The predicted molar refractivity (Wildman–Crippen MR) is 87.2 cm³/mol. The van der Waals surface area contributed by atoms with Crippen LogP contribution in [0, 0.1) is 5.82 Å². The molecule has 0 saturated carbocycles. The number of hydrogen-bond acceptors (Lipinski definition) is 2. The molecule has 0 spiro atoms. The van der Waals surface area contributed by atoms with Gasteiger partial charge < -0.3 is 5.32 Å². The minimum atomic E-state index is -0.338. The summed E-state index contributed by atoms with van der Waals surface area (Å²) in [6.07, 6.45) is 1.77. The van der Waals surface area contributed by atoms with E-state index in [2.05, 4.69) is 40.2 Å². The number of halogens is 3. The van der Waals surface area contributed by atoms with Crippen molar-refractivity contribution in [2.45, 2.75) is 32.9 Å². The minimum Gasteiger partial charge on any atom is -0.305 e. The van der Waals surface area contributed by atoms with Crippen molar-refractivity contribution in [3.8, 4) is 0 Å². The summed E-state index contributed by atoms with van der Waals surface area (Å²) in [6.45, 7) is 6.92. The SMILES string of the molecule is CCNC(c1ccc(F)cc1Cl)c1c(Br)cnn1C(C)C. The second-order valence-electron chi connectivity index (χ2n) is 5.07. The molecule has 3 nitrogen and oxygen atoms in total. The topological polar surface area (TPSA) is 29.9 Å². The van der Waals surface area contributed by atoms with E-state index in [0.29, 0.717) is 5.02 Å². The average molecular weight is 375 g/mol. The van der Waals surface area contributed by atoms with Gasteiger partial charge in [-0.3, -0.25) is 4.68 Å². The van der Waals surface area contributed by atoms with Crippen molar-refractivity contribution in [1.29, 1.82) is 0 Å². The Kier molecular flexibility index (Phi) is 5.41. The number of aromatic nitrogens is 2. The molecule has 0 aliphatic carbocycles. The van der Waals surface area contributed by atoms with Gasteiger partial charge in [0.2, 0.25) is 0 Å². The van der Waals surface area contributed by atoms with Crippen LogP contribution in [-0.2, 0) is 0 Å². The largest absolute Gasteiger partial charge is 0.305 e. The minimum absolute atomic E-state index is 0.151. The third-order valence-electron chi connectivity index (χ3n) is 3.23. The third-order valence-corrected chi connectivity index (χ3v) is 4.17. The van der Waals surface area contributed by atoms with Crippen LogP contribution in [0.2, 0.25) is 5.02 Å². The molecule has 0 amide bonds. The third kappa shape index (κ3) is 3.47. The van der Waals surface area contributed by atoms with E-state index in [9.17, 15) is 4.39 Å². The van der Waals surface area contributed by atoms with Gasteiger partial charge in [-0.05, 0) is 54.0 Å². The van der Waals surface area contributed by atoms with Gasteiger partial charge in [-0.1, -0.05) is 24.6 Å². The van der Waals surface area contributed by atoms with Gasteiger partial charge in [0, 0.05) is 11.1 Å². The van der Waals surface area contributed by atoms with E-state index >= 15 is 0 Å². The molecule has 1 heterocycles. The summed E-state index contributed by atoms with van der Waals surface area (Å²) in [5, 5.41) is 8.21. The molecule has 0 aliphatic heterocycles. The zero-order valence-corrected chi connectivity index (χ0v) is 14.5. The van der Waals surface area contributed by atoms with Gasteiger partial charge in [0.15, 0.2) is 0 Å². The summed E-state index contributed by atoms with van der Waals surface area (Å²) in [6, 6.07) is 4.55. The van der Waals surface area contributed by atoms with Gasteiger partial charge in [-0.2, -0.15) is 5.10 Å². The Morgan fingerprint density at radius 1 is 1.43 bits per heavy atom. The van der Waals surface area contributed by atoms with E-state index in [-0.39, 0.29) is 17.9 Å². The Balaban J connectivity index is 2.56. The molecule has 2 rings (SSSR count). The molecule has 0 aliphatic rings. The molecule has 6 heteroatoms. The van der Waals surface area contributed by atoms with Crippen molar-refractivity contribution in [3.63, 3.8) is 0 Å². The van der Waals surface area contributed by atoms with E-state index in [0.717, 1.165) is 22.3 Å². The van der Waals surface area contributed by atoms with Gasteiger partial charge in [0.1, 0.15) is 5.82 Å². The molecule has 0 saturated heterocycles. The maximum absolute atomic E-state index is 13.3. The summed E-state index contributed by atoms with van der Waals surface area (Å²) in [5.74, 6) is -0.338. The number of nitrogens with zero attached hydrogens (tertiary/aromatic N) is 2. The van der Waals surface area contributed by atoms with Crippen molar-refractivity contribution in [1.82, 2.24) is 15.1 Å². The molecule has 1 aromatic carbocycles. The monoisotopic (exact) mass is 373 g/mol. The van der Waals surface area contributed by atoms with Crippen LogP contribution < -0.4 is 5.32 Å². The molecular weight excluding hydrogens is 357 g/mol. The van der Waals surface area contributed by atoms with Crippen molar-refractivity contribution in [3.05, 3.63) is 51.0 Å². The second-order valence-corrected chi connectivity index (χ2v) is 6.33. The van der Waals surface area contributed by atoms with Crippen molar-refractivity contribution < 1.29 is 4.39 Å². The van der Waals surface area contributed by atoms with Crippen LogP contribution >= 0.6 is 27.5 Å². The lowest BCUT2D eigenvalue weighted by Gasteiger charge is -2.23. The summed E-state index contributed by atoms with van der Waals surface area (Å²) in [5.41, 5.74) is 1.82. The summed E-state index contributed by atoms with van der Waals surface area (Å²) in [7, 11) is 0. The van der Waals surface area contributed by atoms with Gasteiger partial charge in [0.05, 0.1) is 22.4 Å². The fourth-order valence-corrected chi connectivity index (χ4v) is 3.10. The summed E-state index contributed by atoms with van der Waals surface area (Å²) >= 11 is 9.79. The molecule has 1 aromatic heterocycles. The van der Waals surface area contributed by atoms with Crippen LogP contribution in [0.3, 0.4) is 0 Å². The maximum Gasteiger partial charge on any atom is 0.124 e. The molecule has 1 N–H and O–H groups in total. The number of benzene rings is 1. The van der Waals surface area contributed by atoms with Gasteiger partial charge in [-0.25, -0.2) is 4.39 Å². The number of nitrogens with one attached hydrogen (secondary N) is 1. The first-order valence-electron chi connectivity index (χ1n) is 6.87. The van der Waals surface area contributed by atoms with E-state index in [1.54, 1.807) is 12.3 Å². The van der Waals surface area contributed by atoms with E-state index < -0.39 is 0 Å². The first kappa shape index (κ1) is 16.5. The Morgan fingerprint density at radius 2 is 2.14 bits per heavy atom. The first-order valence-corrected chi connectivity index (χ1v) is 8.04. The van der Waals surface area contributed by atoms with Crippen molar-refractivity contribution in [2.24, 2.45) is 0 Å². The highest BCUT2D eigenvalue weighted by Crippen LogP contribution is 2.34. The molecule has 0 radical (unpaired) electrons. The Morgan fingerprint density at radius 3 is 2.71 bits per heavy atom. The van der Waals surface area contributed by atoms with Crippen LogP contribution in [0.4, 0.5) is 4.39 Å². The fourth-order valence-electron chi connectivity index (χ4n) is 2.33. The highest BCUT2D eigenvalue weighted by atomic mass is 79.9. The van der Waals surface area contributed by atoms with Crippen LogP contribution in [0.5, 0.6) is 0 Å².